The van der Waals surface area contributed by atoms with Gasteiger partial charge in [0.2, 0.25) is 17.8 Å². The normalized spacial score (nSPS) is 14.4. The fourth-order valence-electron chi connectivity index (χ4n) is 4.47. The number of carbonyl (C=O) groups excluding carboxylic acids is 2. The second-order valence-electron chi connectivity index (χ2n) is 8.88. The first-order valence-corrected chi connectivity index (χ1v) is 11.9. The number of rotatable bonds is 8. The first-order chi connectivity index (χ1) is 17.5. The highest BCUT2D eigenvalue weighted by Gasteiger charge is 2.26. The van der Waals surface area contributed by atoms with E-state index in [-0.39, 0.29) is 25.2 Å². The third-order valence-corrected chi connectivity index (χ3v) is 6.64. The minimum absolute atomic E-state index is 0.0103. The number of carbonyl (C=O) groups is 2. The number of likely N-dealkylation sites (N-methyl/N-ethyl adjacent to an activating group) is 1. The van der Waals surface area contributed by atoms with Crippen LogP contribution in [0.1, 0.15) is 23.2 Å². The Morgan fingerprint density at radius 3 is 2.75 bits per heavy atom. The summed E-state index contributed by atoms with van der Waals surface area (Å²) in [7, 11) is 1.83. The van der Waals surface area contributed by atoms with Crippen molar-refractivity contribution in [1.82, 2.24) is 29.9 Å². The van der Waals surface area contributed by atoms with Gasteiger partial charge in [0.25, 0.3) is 0 Å². The molecule has 0 spiro atoms. The first-order valence-electron chi connectivity index (χ1n) is 11.9. The van der Waals surface area contributed by atoms with Gasteiger partial charge in [0, 0.05) is 43.3 Å². The maximum absolute atomic E-state index is 12.7. The van der Waals surface area contributed by atoms with E-state index in [4.69, 9.17) is 10.5 Å². The largest absolute Gasteiger partial charge is 0.370 e. The highest BCUT2D eigenvalue weighted by atomic mass is 16.5. The number of nitrogens with zero attached hydrogens (tertiary/aromatic N) is 7. The lowest BCUT2D eigenvalue weighted by molar-refractivity contribution is -0.137. The summed E-state index contributed by atoms with van der Waals surface area (Å²) in [5, 5.41) is 9.20. The summed E-state index contributed by atoms with van der Waals surface area (Å²) in [5.41, 5.74) is 8.04. The van der Waals surface area contributed by atoms with Crippen LogP contribution in [0, 0.1) is 0 Å². The van der Waals surface area contributed by atoms with E-state index in [0.717, 1.165) is 42.8 Å². The zero-order valence-electron chi connectivity index (χ0n) is 20.1. The minimum Gasteiger partial charge on any atom is -0.370 e. The second-order valence-corrected chi connectivity index (χ2v) is 8.88. The number of ether oxygens (including phenoxy) is 1. The monoisotopic (exact) mass is 488 g/mol. The van der Waals surface area contributed by atoms with Gasteiger partial charge in [-0.1, -0.05) is 23.4 Å². The number of fused-ring (bicyclic) bond motifs is 2. The van der Waals surface area contributed by atoms with Gasteiger partial charge in [-0.3, -0.25) is 9.59 Å². The van der Waals surface area contributed by atoms with E-state index in [1.54, 1.807) is 27.8 Å². The second kappa shape index (κ2) is 10.2. The first kappa shape index (κ1) is 23.6. The van der Waals surface area contributed by atoms with Crippen molar-refractivity contribution in [2.24, 2.45) is 5.73 Å². The molecule has 0 saturated carbocycles. The zero-order chi connectivity index (χ0) is 25.1. The number of primary amides is 1. The topological polar surface area (TPSA) is 132 Å². The molecule has 0 unspecified atom stereocenters. The predicted molar refractivity (Wildman–Crippen MR) is 134 cm³/mol. The number of amides is 2. The van der Waals surface area contributed by atoms with Gasteiger partial charge in [0.15, 0.2) is 0 Å². The lowest BCUT2D eigenvalue weighted by Gasteiger charge is -2.36. The number of hydrogen-bond acceptors (Lipinski definition) is 8. The molecule has 2 aromatic heterocycles. The molecule has 1 saturated heterocycles. The lowest BCUT2D eigenvalue weighted by atomic mass is 10.0. The summed E-state index contributed by atoms with van der Waals surface area (Å²) in [6.45, 7) is 2.25. The van der Waals surface area contributed by atoms with Crippen LogP contribution in [0.3, 0.4) is 0 Å². The Kier molecular flexibility index (Phi) is 6.72. The van der Waals surface area contributed by atoms with E-state index in [2.05, 4.69) is 25.2 Å². The van der Waals surface area contributed by atoms with Gasteiger partial charge in [0.05, 0.1) is 24.2 Å². The molecule has 0 aliphatic carbocycles. The van der Waals surface area contributed by atoms with Gasteiger partial charge in [0.1, 0.15) is 12.1 Å². The molecule has 11 nitrogen and oxygen atoms in total. The third-order valence-electron chi connectivity index (χ3n) is 6.64. The van der Waals surface area contributed by atoms with Crippen LogP contribution in [-0.4, -0.2) is 81.1 Å². The molecule has 3 heterocycles. The Hall–Kier alpha value is -4.12. The number of hydrogen-bond donors (Lipinski definition) is 1. The number of aromatic nitrogens is 5. The summed E-state index contributed by atoms with van der Waals surface area (Å²) in [6.07, 6.45) is 3.53. The van der Waals surface area contributed by atoms with Crippen molar-refractivity contribution in [3.05, 3.63) is 54.2 Å². The van der Waals surface area contributed by atoms with Crippen molar-refractivity contribution < 1.29 is 14.3 Å². The predicted octanol–water partition coefficient (Wildman–Crippen LogP) is 1.62. The van der Waals surface area contributed by atoms with Crippen LogP contribution in [0.2, 0.25) is 0 Å². The van der Waals surface area contributed by atoms with Gasteiger partial charge in [-0.15, -0.1) is 5.10 Å². The maximum Gasteiger partial charge on any atom is 0.248 e. The van der Waals surface area contributed by atoms with Crippen LogP contribution in [0.25, 0.3) is 21.9 Å². The van der Waals surface area contributed by atoms with E-state index in [0.29, 0.717) is 23.1 Å². The van der Waals surface area contributed by atoms with Crippen molar-refractivity contribution in [2.45, 2.75) is 25.4 Å². The molecule has 186 valence electrons. The van der Waals surface area contributed by atoms with Crippen LogP contribution in [0.4, 0.5) is 5.95 Å². The Labute approximate surface area is 207 Å². The molecule has 0 atom stereocenters. The molecule has 1 aliphatic heterocycles. The summed E-state index contributed by atoms with van der Waals surface area (Å²) in [6, 6.07) is 13.1. The minimum atomic E-state index is -0.509. The van der Waals surface area contributed by atoms with E-state index in [1.165, 1.54) is 0 Å². The smallest absolute Gasteiger partial charge is 0.248 e. The zero-order valence-corrected chi connectivity index (χ0v) is 20.1. The number of para-hydroxylation sites is 1. The molecule has 2 N–H and O–H groups in total. The molecule has 2 amide bonds. The summed E-state index contributed by atoms with van der Waals surface area (Å²) < 4.78 is 7.28. The van der Waals surface area contributed by atoms with Gasteiger partial charge >= 0.3 is 0 Å². The average Bonchev–Trinajstić information content (AvgIpc) is 3.32. The average molecular weight is 489 g/mol. The number of benzene rings is 2. The molecule has 36 heavy (non-hydrogen) atoms. The van der Waals surface area contributed by atoms with Gasteiger partial charge in [-0.25, -0.2) is 14.6 Å². The number of anilines is 1. The van der Waals surface area contributed by atoms with Crippen molar-refractivity contribution in [2.75, 3.05) is 38.3 Å². The maximum atomic E-state index is 12.7. The molecule has 2 aromatic carbocycles. The Morgan fingerprint density at radius 1 is 1.14 bits per heavy atom. The highest BCUT2D eigenvalue weighted by Crippen LogP contribution is 2.21. The molecule has 11 heteroatoms. The van der Waals surface area contributed by atoms with Gasteiger partial charge in [-0.05, 0) is 37.1 Å². The van der Waals surface area contributed by atoms with Crippen LogP contribution < -0.4 is 10.6 Å². The van der Waals surface area contributed by atoms with Gasteiger partial charge < -0.3 is 20.3 Å². The summed E-state index contributed by atoms with van der Waals surface area (Å²) in [4.78, 5) is 37.3. The quantitative estimate of drug-likeness (QED) is 0.370. The Bertz CT molecular complexity index is 1400. The van der Waals surface area contributed by atoms with Crippen LogP contribution >= 0.6 is 0 Å². The van der Waals surface area contributed by atoms with Crippen molar-refractivity contribution in [3.8, 4) is 0 Å². The molecule has 4 aromatic rings. The summed E-state index contributed by atoms with van der Waals surface area (Å²) in [5.74, 6) is 0.160. The molecular formula is C25H28N8O3. The van der Waals surface area contributed by atoms with Crippen LogP contribution in [0.15, 0.2) is 48.7 Å². The highest BCUT2D eigenvalue weighted by molar-refractivity contribution is 5.96. The van der Waals surface area contributed by atoms with E-state index < -0.39 is 5.91 Å². The fraction of sp³-hybridized carbons (Fsp3) is 0.360. The van der Waals surface area contributed by atoms with Gasteiger partial charge in [-0.2, -0.15) is 0 Å². The van der Waals surface area contributed by atoms with E-state index >= 15 is 0 Å². The summed E-state index contributed by atoms with van der Waals surface area (Å²) >= 11 is 0. The van der Waals surface area contributed by atoms with Crippen molar-refractivity contribution >= 4 is 39.7 Å². The van der Waals surface area contributed by atoms with Crippen molar-refractivity contribution in [1.29, 1.82) is 0 Å². The SMILES string of the molecule is CN(C(=O)COCCn1nnc2ccc(C(N)=O)cc21)C1CCN(c2ncc3ccccc3n2)CC1. The number of nitrogens with two attached hydrogens (primary N) is 1. The van der Waals surface area contributed by atoms with E-state index in [1.807, 2.05) is 37.5 Å². The van der Waals surface area contributed by atoms with Crippen molar-refractivity contribution in [3.63, 3.8) is 0 Å². The van der Waals surface area contributed by atoms with E-state index in [9.17, 15) is 9.59 Å². The van der Waals surface area contributed by atoms with Crippen LogP contribution in [0.5, 0.6) is 0 Å². The standard InChI is InChI=1S/C25H28N8O3/c1-31(19-8-10-32(11-9-19)25-27-15-18-4-2-3-5-20(18)28-25)23(34)16-36-13-12-33-22-14-17(24(26)35)6-7-21(22)29-30-33/h2-7,14-15,19H,8-13,16H2,1H3,(H2,26,35). The number of piperidine rings is 1. The van der Waals surface area contributed by atoms with Crippen LogP contribution in [-0.2, 0) is 16.1 Å². The molecular weight excluding hydrogens is 460 g/mol. The molecule has 1 fully saturated rings. The third kappa shape index (κ3) is 4.96. The molecule has 0 radical (unpaired) electrons. The molecule has 5 rings (SSSR count). The Balaban J connectivity index is 1.09. The fourth-order valence-corrected chi connectivity index (χ4v) is 4.47. The molecule has 0 bridgehead atoms. The Morgan fingerprint density at radius 2 is 1.94 bits per heavy atom. The lowest BCUT2D eigenvalue weighted by Crippen LogP contribution is -2.47. The molecule has 1 aliphatic rings.